The summed E-state index contributed by atoms with van der Waals surface area (Å²) in [6.07, 6.45) is 2.93. The van der Waals surface area contributed by atoms with Gasteiger partial charge in [-0.2, -0.15) is 0 Å². The van der Waals surface area contributed by atoms with Crippen molar-refractivity contribution in [1.82, 2.24) is 0 Å². The summed E-state index contributed by atoms with van der Waals surface area (Å²) in [6, 6.07) is 0. The summed E-state index contributed by atoms with van der Waals surface area (Å²) < 4.78 is 0. The van der Waals surface area contributed by atoms with E-state index in [1.54, 1.807) is 0 Å². The molecule has 0 amide bonds. The molecule has 0 radical (unpaired) electrons. The van der Waals surface area contributed by atoms with Gasteiger partial charge in [0.1, 0.15) is 0 Å². The molecule has 0 aliphatic carbocycles. The van der Waals surface area contributed by atoms with Crippen LogP contribution in [0.4, 0.5) is 0 Å². The molecule has 84 valence electrons. The van der Waals surface area contributed by atoms with Crippen LogP contribution >= 0.6 is 35.8 Å². The van der Waals surface area contributed by atoms with Crippen LogP contribution < -0.4 is 5.73 Å². The standard InChI is InChI=1S/C9H17ClN2S.ClH/c1-8(2)4-6-12-9(11)13-7-3-5-10;/h3,5,8H,4,6-7H2,1-2H3,(H2,11,12);1H/b5-3+;. The van der Waals surface area contributed by atoms with E-state index in [0.29, 0.717) is 11.1 Å². The number of rotatable bonds is 5. The molecule has 0 aliphatic rings. The van der Waals surface area contributed by atoms with E-state index >= 15 is 0 Å². The lowest BCUT2D eigenvalue weighted by Crippen LogP contribution is -2.08. The van der Waals surface area contributed by atoms with E-state index in [1.165, 1.54) is 17.3 Å². The average molecular weight is 257 g/mol. The summed E-state index contributed by atoms with van der Waals surface area (Å²) in [7, 11) is 0. The molecule has 0 unspecified atom stereocenters. The zero-order valence-corrected chi connectivity index (χ0v) is 11.0. The minimum absolute atomic E-state index is 0. The minimum Gasteiger partial charge on any atom is -0.379 e. The summed E-state index contributed by atoms with van der Waals surface area (Å²) >= 11 is 6.87. The SMILES string of the molecule is CC(C)CCN=C(N)SC/C=C/Cl.Cl. The quantitative estimate of drug-likeness (QED) is 0.606. The predicted molar refractivity (Wildman–Crippen MR) is 70.6 cm³/mol. The van der Waals surface area contributed by atoms with Crippen LogP contribution in [0.25, 0.3) is 0 Å². The van der Waals surface area contributed by atoms with Crippen LogP contribution in [-0.2, 0) is 0 Å². The van der Waals surface area contributed by atoms with Crippen molar-refractivity contribution in [2.45, 2.75) is 20.3 Å². The maximum atomic E-state index is 5.64. The number of amidine groups is 1. The number of hydrogen-bond donors (Lipinski definition) is 1. The highest BCUT2D eigenvalue weighted by molar-refractivity contribution is 8.13. The summed E-state index contributed by atoms with van der Waals surface area (Å²) in [4.78, 5) is 4.22. The highest BCUT2D eigenvalue weighted by Gasteiger charge is 1.93. The third kappa shape index (κ3) is 12.1. The summed E-state index contributed by atoms with van der Waals surface area (Å²) in [6.45, 7) is 5.17. The van der Waals surface area contributed by atoms with Gasteiger partial charge in [-0.15, -0.1) is 12.4 Å². The molecule has 0 heterocycles. The largest absolute Gasteiger partial charge is 0.379 e. The summed E-state index contributed by atoms with van der Waals surface area (Å²) in [5.74, 6) is 1.48. The molecule has 14 heavy (non-hydrogen) atoms. The molecule has 0 aromatic heterocycles. The lowest BCUT2D eigenvalue weighted by atomic mass is 10.1. The first-order chi connectivity index (χ1) is 6.16. The number of hydrogen-bond acceptors (Lipinski definition) is 2. The molecular formula is C9H18Cl2N2S. The zero-order chi connectivity index (χ0) is 10.1. The van der Waals surface area contributed by atoms with E-state index in [9.17, 15) is 0 Å². The highest BCUT2D eigenvalue weighted by Crippen LogP contribution is 2.03. The van der Waals surface area contributed by atoms with E-state index in [1.807, 2.05) is 6.08 Å². The Morgan fingerprint density at radius 3 is 2.71 bits per heavy atom. The Labute approximate surface area is 102 Å². The number of halogens is 2. The Kier molecular flexibility index (Phi) is 13.3. The van der Waals surface area contributed by atoms with Crippen molar-refractivity contribution >= 4 is 40.9 Å². The Morgan fingerprint density at radius 2 is 2.21 bits per heavy atom. The smallest absolute Gasteiger partial charge is 0.154 e. The topological polar surface area (TPSA) is 38.4 Å². The second-order valence-electron chi connectivity index (χ2n) is 3.08. The van der Waals surface area contributed by atoms with E-state index in [2.05, 4.69) is 18.8 Å². The number of aliphatic imine (C=N–C) groups is 1. The van der Waals surface area contributed by atoms with Gasteiger partial charge in [0.2, 0.25) is 0 Å². The molecule has 0 rings (SSSR count). The maximum Gasteiger partial charge on any atom is 0.154 e. The second-order valence-corrected chi connectivity index (χ2v) is 4.37. The van der Waals surface area contributed by atoms with Crippen molar-refractivity contribution in [3.63, 3.8) is 0 Å². The van der Waals surface area contributed by atoms with Gasteiger partial charge in [-0.05, 0) is 12.3 Å². The molecule has 0 spiro atoms. The normalized spacial score (nSPS) is 12.1. The molecule has 0 saturated heterocycles. The molecule has 0 aliphatic heterocycles. The molecule has 0 fully saturated rings. The third-order valence-corrected chi connectivity index (χ3v) is 2.35. The Hall–Kier alpha value is 0.140. The molecule has 2 nitrogen and oxygen atoms in total. The van der Waals surface area contributed by atoms with Gasteiger partial charge < -0.3 is 5.73 Å². The summed E-state index contributed by atoms with van der Waals surface area (Å²) in [5.41, 5.74) is 7.13. The van der Waals surface area contributed by atoms with Gasteiger partial charge in [-0.1, -0.05) is 43.3 Å². The van der Waals surface area contributed by atoms with Crippen LogP contribution in [0.15, 0.2) is 16.6 Å². The van der Waals surface area contributed by atoms with Crippen molar-refractivity contribution < 1.29 is 0 Å². The van der Waals surface area contributed by atoms with Gasteiger partial charge in [-0.3, -0.25) is 4.99 Å². The van der Waals surface area contributed by atoms with Gasteiger partial charge in [0, 0.05) is 17.8 Å². The average Bonchev–Trinajstić information content (AvgIpc) is 2.04. The first-order valence-corrected chi connectivity index (χ1v) is 5.77. The van der Waals surface area contributed by atoms with Crippen LogP contribution in [0.5, 0.6) is 0 Å². The van der Waals surface area contributed by atoms with Crippen molar-refractivity contribution in [2.75, 3.05) is 12.3 Å². The minimum atomic E-state index is 0. The molecule has 0 atom stereocenters. The first kappa shape index (κ1) is 16.6. The molecule has 0 bridgehead atoms. The van der Waals surface area contributed by atoms with Crippen LogP contribution in [0.1, 0.15) is 20.3 Å². The fraction of sp³-hybridized carbons (Fsp3) is 0.667. The van der Waals surface area contributed by atoms with Gasteiger partial charge in [0.05, 0.1) is 0 Å². The number of thioether (sulfide) groups is 1. The van der Waals surface area contributed by atoms with E-state index in [4.69, 9.17) is 17.3 Å². The van der Waals surface area contributed by atoms with Gasteiger partial charge in [0.15, 0.2) is 5.17 Å². The maximum absolute atomic E-state index is 5.64. The summed E-state index contributed by atoms with van der Waals surface area (Å²) in [5, 5.41) is 0.649. The van der Waals surface area contributed by atoms with E-state index < -0.39 is 0 Å². The van der Waals surface area contributed by atoms with Gasteiger partial charge in [0.25, 0.3) is 0 Å². The zero-order valence-electron chi connectivity index (χ0n) is 8.57. The van der Waals surface area contributed by atoms with Gasteiger partial charge in [-0.25, -0.2) is 0 Å². The monoisotopic (exact) mass is 256 g/mol. The molecule has 0 aromatic rings. The molecule has 5 heteroatoms. The Balaban J connectivity index is 0. The fourth-order valence-corrected chi connectivity index (χ4v) is 1.39. The lowest BCUT2D eigenvalue weighted by molar-refractivity contribution is 0.597. The van der Waals surface area contributed by atoms with Crippen LogP contribution in [0, 0.1) is 5.92 Å². The van der Waals surface area contributed by atoms with Crippen molar-refractivity contribution in [3.05, 3.63) is 11.6 Å². The number of nitrogens with two attached hydrogens (primary N) is 1. The van der Waals surface area contributed by atoms with Crippen molar-refractivity contribution in [1.29, 1.82) is 0 Å². The number of nitrogens with zero attached hydrogens (tertiary/aromatic N) is 1. The lowest BCUT2D eigenvalue weighted by Gasteiger charge is -2.01. The van der Waals surface area contributed by atoms with E-state index in [-0.39, 0.29) is 12.4 Å². The molecule has 2 N–H and O–H groups in total. The van der Waals surface area contributed by atoms with Gasteiger partial charge >= 0.3 is 0 Å². The van der Waals surface area contributed by atoms with Crippen LogP contribution in [-0.4, -0.2) is 17.5 Å². The van der Waals surface area contributed by atoms with Crippen molar-refractivity contribution in [2.24, 2.45) is 16.6 Å². The van der Waals surface area contributed by atoms with Crippen LogP contribution in [0.2, 0.25) is 0 Å². The Bertz CT molecular complexity index is 182. The van der Waals surface area contributed by atoms with E-state index in [0.717, 1.165) is 18.7 Å². The molecule has 0 aromatic carbocycles. The molecule has 0 saturated carbocycles. The van der Waals surface area contributed by atoms with Crippen molar-refractivity contribution in [3.8, 4) is 0 Å². The Morgan fingerprint density at radius 1 is 1.57 bits per heavy atom. The highest BCUT2D eigenvalue weighted by atomic mass is 35.5. The fourth-order valence-electron chi connectivity index (χ4n) is 0.648. The molecular weight excluding hydrogens is 239 g/mol. The second kappa shape index (κ2) is 11.2. The first-order valence-electron chi connectivity index (χ1n) is 4.34. The predicted octanol–water partition coefficient (Wildman–Crippen LogP) is 3.25. The van der Waals surface area contributed by atoms with Crippen LogP contribution in [0.3, 0.4) is 0 Å². The third-order valence-electron chi connectivity index (χ3n) is 1.39.